The topological polar surface area (TPSA) is 36.9 Å². The lowest BCUT2D eigenvalue weighted by Gasteiger charge is -2.40. The van der Waals surface area contributed by atoms with Crippen molar-refractivity contribution in [1.82, 2.24) is 0 Å². The Bertz CT molecular complexity index is 157. The first-order valence-corrected chi connectivity index (χ1v) is 5.55. The Hall–Kier alpha value is -0.160. The van der Waals surface area contributed by atoms with E-state index in [-0.39, 0.29) is 5.41 Å². The highest BCUT2D eigenvalue weighted by molar-refractivity contribution is 4.85. The van der Waals surface area contributed by atoms with Crippen LogP contribution < -0.4 is 0 Å². The van der Waals surface area contributed by atoms with Crippen LogP contribution in [0.4, 0.5) is 0 Å². The van der Waals surface area contributed by atoms with Crippen LogP contribution >= 0.6 is 0 Å². The molecule has 1 heterocycles. The van der Waals surface area contributed by atoms with Gasteiger partial charge in [0.25, 0.3) is 0 Å². The summed E-state index contributed by atoms with van der Waals surface area (Å²) in [7, 11) is 1.68. The minimum Gasteiger partial charge on any atom is -0.382 e. The maximum Gasteiger partial charge on any atom is 0.0700 e. The van der Waals surface area contributed by atoms with Gasteiger partial charge in [0.2, 0.25) is 0 Å². The van der Waals surface area contributed by atoms with Gasteiger partial charge in [-0.05, 0) is 6.42 Å². The number of ether oxygens (including phenoxy) is 4. The lowest BCUT2D eigenvalue weighted by Crippen LogP contribution is -2.50. The van der Waals surface area contributed by atoms with Crippen LogP contribution in [-0.2, 0) is 18.9 Å². The molecule has 1 rings (SSSR count). The number of methoxy groups -OCH3 is 1. The SMILES string of the molecule is CCCOCC1(COCCOC)COC1. The highest BCUT2D eigenvalue weighted by atomic mass is 16.5. The van der Waals surface area contributed by atoms with Gasteiger partial charge >= 0.3 is 0 Å². The molecule has 0 aromatic rings. The second-order valence-corrected chi connectivity index (χ2v) is 4.09. The molecule has 1 aliphatic heterocycles. The van der Waals surface area contributed by atoms with Crippen LogP contribution in [0.25, 0.3) is 0 Å². The molecule has 0 atom stereocenters. The highest BCUT2D eigenvalue weighted by Gasteiger charge is 2.39. The molecule has 1 saturated heterocycles. The minimum absolute atomic E-state index is 0.100. The van der Waals surface area contributed by atoms with Gasteiger partial charge in [0.15, 0.2) is 0 Å². The molecule has 90 valence electrons. The van der Waals surface area contributed by atoms with Crippen molar-refractivity contribution in [2.24, 2.45) is 5.41 Å². The van der Waals surface area contributed by atoms with Crippen LogP contribution in [0.15, 0.2) is 0 Å². The van der Waals surface area contributed by atoms with Crippen LogP contribution in [-0.4, -0.2) is 53.4 Å². The van der Waals surface area contributed by atoms with E-state index in [0.29, 0.717) is 19.8 Å². The largest absolute Gasteiger partial charge is 0.382 e. The number of hydrogen-bond donors (Lipinski definition) is 0. The van der Waals surface area contributed by atoms with Gasteiger partial charge in [-0.3, -0.25) is 0 Å². The Balaban J connectivity index is 2.09. The molecule has 0 aromatic heterocycles. The molecule has 4 nitrogen and oxygen atoms in total. The fraction of sp³-hybridized carbons (Fsp3) is 1.00. The molecule has 1 fully saturated rings. The molecular weight excluding hydrogens is 196 g/mol. The molecule has 0 saturated carbocycles. The van der Waals surface area contributed by atoms with Crippen LogP contribution in [0.2, 0.25) is 0 Å². The van der Waals surface area contributed by atoms with Gasteiger partial charge in [-0.25, -0.2) is 0 Å². The lowest BCUT2D eigenvalue weighted by molar-refractivity contribution is -0.179. The molecule has 0 radical (unpaired) electrons. The molecule has 1 aliphatic rings. The average Bonchev–Trinajstić information content (AvgIpc) is 2.19. The van der Waals surface area contributed by atoms with Crippen molar-refractivity contribution in [3.8, 4) is 0 Å². The maximum absolute atomic E-state index is 5.56. The zero-order valence-electron chi connectivity index (χ0n) is 9.79. The van der Waals surface area contributed by atoms with Gasteiger partial charge in [-0.1, -0.05) is 6.92 Å². The Morgan fingerprint density at radius 1 is 1.07 bits per heavy atom. The monoisotopic (exact) mass is 218 g/mol. The third-order valence-corrected chi connectivity index (χ3v) is 2.41. The van der Waals surface area contributed by atoms with Crippen molar-refractivity contribution in [2.45, 2.75) is 13.3 Å². The zero-order chi connectivity index (χ0) is 11.0. The first-order valence-electron chi connectivity index (χ1n) is 5.55. The Morgan fingerprint density at radius 3 is 2.20 bits per heavy atom. The fourth-order valence-corrected chi connectivity index (χ4v) is 1.46. The van der Waals surface area contributed by atoms with E-state index in [4.69, 9.17) is 18.9 Å². The van der Waals surface area contributed by atoms with E-state index in [1.54, 1.807) is 7.11 Å². The van der Waals surface area contributed by atoms with E-state index in [1.807, 2.05) is 0 Å². The second-order valence-electron chi connectivity index (χ2n) is 4.09. The van der Waals surface area contributed by atoms with Crippen molar-refractivity contribution in [2.75, 3.05) is 53.4 Å². The lowest BCUT2D eigenvalue weighted by atomic mass is 9.88. The molecule has 15 heavy (non-hydrogen) atoms. The maximum atomic E-state index is 5.56. The average molecular weight is 218 g/mol. The first kappa shape index (κ1) is 12.9. The number of rotatable bonds is 9. The van der Waals surface area contributed by atoms with Crippen molar-refractivity contribution in [1.29, 1.82) is 0 Å². The minimum atomic E-state index is 0.100. The van der Waals surface area contributed by atoms with Crippen LogP contribution in [0.5, 0.6) is 0 Å². The van der Waals surface area contributed by atoms with E-state index >= 15 is 0 Å². The standard InChI is InChI=1S/C11H22O4/c1-3-4-13-7-11(9-15-10-11)8-14-6-5-12-2/h3-10H2,1-2H3. The predicted octanol–water partition coefficient (Wildman–Crippen LogP) is 1.09. The summed E-state index contributed by atoms with van der Waals surface area (Å²) in [5, 5.41) is 0. The Labute approximate surface area is 91.8 Å². The zero-order valence-corrected chi connectivity index (χ0v) is 9.79. The molecule has 0 aromatic carbocycles. The summed E-state index contributed by atoms with van der Waals surface area (Å²) in [6.07, 6.45) is 1.06. The van der Waals surface area contributed by atoms with E-state index < -0.39 is 0 Å². The molecule has 0 N–H and O–H groups in total. The molecule has 0 bridgehead atoms. The predicted molar refractivity (Wildman–Crippen MR) is 57.1 cm³/mol. The van der Waals surface area contributed by atoms with E-state index in [2.05, 4.69) is 6.92 Å². The van der Waals surface area contributed by atoms with Gasteiger partial charge < -0.3 is 18.9 Å². The summed E-state index contributed by atoms with van der Waals surface area (Å²) in [4.78, 5) is 0. The summed E-state index contributed by atoms with van der Waals surface area (Å²) in [6.45, 7) is 7.18. The molecule has 0 spiro atoms. The van der Waals surface area contributed by atoms with Gasteiger partial charge in [-0.2, -0.15) is 0 Å². The normalized spacial score (nSPS) is 18.8. The fourth-order valence-electron chi connectivity index (χ4n) is 1.46. The third kappa shape index (κ3) is 4.47. The van der Waals surface area contributed by atoms with Crippen LogP contribution in [0.3, 0.4) is 0 Å². The van der Waals surface area contributed by atoms with Crippen molar-refractivity contribution in [3.63, 3.8) is 0 Å². The van der Waals surface area contributed by atoms with E-state index in [1.165, 1.54) is 0 Å². The van der Waals surface area contributed by atoms with Crippen molar-refractivity contribution in [3.05, 3.63) is 0 Å². The summed E-state index contributed by atoms with van der Waals surface area (Å²) in [6, 6.07) is 0. The van der Waals surface area contributed by atoms with Gasteiger partial charge in [0.05, 0.1) is 45.1 Å². The summed E-state index contributed by atoms with van der Waals surface area (Å²) in [5.41, 5.74) is 0.100. The van der Waals surface area contributed by atoms with Gasteiger partial charge in [-0.15, -0.1) is 0 Å². The molecule has 0 unspecified atom stereocenters. The second kappa shape index (κ2) is 7.17. The number of hydrogen-bond acceptors (Lipinski definition) is 4. The first-order chi connectivity index (χ1) is 7.33. The third-order valence-electron chi connectivity index (χ3n) is 2.41. The summed E-state index contributed by atoms with van der Waals surface area (Å²) in [5.74, 6) is 0. The quantitative estimate of drug-likeness (QED) is 0.543. The molecule has 0 aliphatic carbocycles. The van der Waals surface area contributed by atoms with Crippen LogP contribution in [0.1, 0.15) is 13.3 Å². The molecule has 4 heteroatoms. The molecule has 0 amide bonds. The van der Waals surface area contributed by atoms with Gasteiger partial charge in [0, 0.05) is 13.7 Å². The van der Waals surface area contributed by atoms with Crippen molar-refractivity contribution >= 4 is 0 Å². The van der Waals surface area contributed by atoms with E-state index in [0.717, 1.165) is 32.8 Å². The van der Waals surface area contributed by atoms with Crippen molar-refractivity contribution < 1.29 is 18.9 Å². The Morgan fingerprint density at radius 2 is 1.73 bits per heavy atom. The van der Waals surface area contributed by atoms with E-state index in [9.17, 15) is 0 Å². The summed E-state index contributed by atoms with van der Waals surface area (Å²) < 4.78 is 21.2. The van der Waals surface area contributed by atoms with Gasteiger partial charge in [0.1, 0.15) is 0 Å². The highest BCUT2D eigenvalue weighted by Crippen LogP contribution is 2.28. The smallest absolute Gasteiger partial charge is 0.0700 e. The molecular formula is C11H22O4. The summed E-state index contributed by atoms with van der Waals surface area (Å²) >= 11 is 0. The van der Waals surface area contributed by atoms with Crippen LogP contribution in [0, 0.1) is 5.41 Å². The Kier molecular flexibility index (Phi) is 6.17.